The first-order valence-electron chi connectivity index (χ1n) is 5.95. The molecular weight excluding hydrogens is 286 g/mol. The fraction of sp³-hybridized carbons (Fsp3) is 0.188. The van der Waals surface area contributed by atoms with Crippen LogP contribution in [0.5, 0.6) is 0 Å². The zero-order valence-electron chi connectivity index (χ0n) is 10.5. The molecule has 0 aromatic heterocycles. The summed E-state index contributed by atoms with van der Waals surface area (Å²) in [6.45, 7) is 4.21. The van der Waals surface area contributed by atoms with Crippen LogP contribution in [-0.4, -0.2) is 0 Å². The van der Waals surface area contributed by atoms with Crippen LogP contribution in [-0.2, 0) is 6.42 Å². The molecule has 0 aliphatic carbocycles. The van der Waals surface area contributed by atoms with E-state index >= 15 is 0 Å². The molecular formula is C16H14BrN. The number of hydrogen-bond acceptors (Lipinski definition) is 1. The van der Waals surface area contributed by atoms with Gasteiger partial charge in [0.1, 0.15) is 0 Å². The van der Waals surface area contributed by atoms with Crippen LogP contribution in [0.15, 0.2) is 40.9 Å². The van der Waals surface area contributed by atoms with Gasteiger partial charge in [-0.05, 0) is 59.9 Å². The maximum absolute atomic E-state index is 8.90. The molecule has 0 saturated carbocycles. The minimum Gasteiger partial charge on any atom is -0.192 e. The Balaban J connectivity index is 2.59. The summed E-state index contributed by atoms with van der Waals surface area (Å²) in [5.41, 5.74) is 5.63. The summed E-state index contributed by atoms with van der Waals surface area (Å²) >= 11 is 3.51. The van der Waals surface area contributed by atoms with Crippen molar-refractivity contribution in [1.82, 2.24) is 0 Å². The molecule has 0 aliphatic heterocycles. The van der Waals surface area contributed by atoms with Gasteiger partial charge in [-0.3, -0.25) is 0 Å². The zero-order valence-corrected chi connectivity index (χ0v) is 12.1. The quantitative estimate of drug-likeness (QED) is 0.777. The van der Waals surface area contributed by atoms with E-state index in [0.717, 1.165) is 16.5 Å². The van der Waals surface area contributed by atoms with Crippen molar-refractivity contribution >= 4 is 15.9 Å². The number of halogens is 1. The van der Waals surface area contributed by atoms with E-state index in [1.54, 1.807) is 0 Å². The van der Waals surface area contributed by atoms with Gasteiger partial charge in [0.15, 0.2) is 0 Å². The lowest BCUT2D eigenvalue weighted by molar-refractivity contribution is 1.14. The van der Waals surface area contributed by atoms with Crippen molar-refractivity contribution in [2.75, 3.05) is 0 Å². The van der Waals surface area contributed by atoms with Gasteiger partial charge in [0.05, 0.1) is 11.6 Å². The van der Waals surface area contributed by atoms with Gasteiger partial charge >= 0.3 is 0 Å². The predicted molar refractivity (Wildman–Crippen MR) is 78.4 cm³/mol. The maximum Gasteiger partial charge on any atom is 0.0991 e. The Bertz CT molecular complexity index is 623. The first kappa shape index (κ1) is 12.9. The normalized spacial score (nSPS) is 10.1. The second-order valence-corrected chi connectivity index (χ2v) is 5.21. The van der Waals surface area contributed by atoms with Gasteiger partial charge in [0, 0.05) is 4.47 Å². The standard InChI is InChI=1S/C16H14BrN/c1-3-13-9-14(17)5-7-16(13)15-6-4-12(10-18)8-11(15)2/h4-9H,3H2,1-2H3. The summed E-state index contributed by atoms with van der Waals surface area (Å²) in [5, 5.41) is 8.90. The third-order valence-electron chi connectivity index (χ3n) is 3.09. The van der Waals surface area contributed by atoms with Gasteiger partial charge in [-0.15, -0.1) is 0 Å². The smallest absolute Gasteiger partial charge is 0.0991 e. The summed E-state index contributed by atoms with van der Waals surface area (Å²) in [7, 11) is 0. The molecule has 0 aliphatic rings. The van der Waals surface area contributed by atoms with Crippen LogP contribution >= 0.6 is 15.9 Å². The second-order valence-electron chi connectivity index (χ2n) is 4.30. The highest BCUT2D eigenvalue weighted by Gasteiger charge is 2.07. The third kappa shape index (κ3) is 2.47. The SMILES string of the molecule is CCc1cc(Br)ccc1-c1ccc(C#N)cc1C. The minimum atomic E-state index is 0.714. The van der Waals surface area contributed by atoms with Crippen LogP contribution in [0.1, 0.15) is 23.6 Å². The van der Waals surface area contributed by atoms with E-state index in [-0.39, 0.29) is 0 Å². The molecule has 0 unspecified atom stereocenters. The Hall–Kier alpha value is -1.59. The summed E-state index contributed by atoms with van der Waals surface area (Å²) in [6, 6.07) is 14.4. The molecule has 1 nitrogen and oxygen atoms in total. The summed E-state index contributed by atoms with van der Waals surface area (Å²) in [5.74, 6) is 0. The van der Waals surface area contributed by atoms with Crippen molar-refractivity contribution in [3.05, 3.63) is 57.6 Å². The molecule has 0 spiro atoms. The Morgan fingerprint density at radius 1 is 1.11 bits per heavy atom. The van der Waals surface area contributed by atoms with Gasteiger partial charge in [0.2, 0.25) is 0 Å². The number of benzene rings is 2. The van der Waals surface area contributed by atoms with Crippen LogP contribution in [0.4, 0.5) is 0 Å². The topological polar surface area (TPSA) is 23.8 Å². The Morgan fingerprint density at radius 3 is 2.44 bits per heavy atom. The third-order valence-corrected chi connectivity index (χ3v) is 3.59. The number of nitrogens with zero attached hydrogens (tertiary/aromatic N) is 1. The molecule has 0 fully saturated rings. The van der Waals surface area contributed by atoms with Gasteiger partial charge in [0.25, 0.3) is 0 Å². The van der Waals surface area contributed by atoms with Crippen molar-refractivity contribution < 1.29 is 0 Å². The highest BCUT2D eigenvalue weighted by molar-refractivity contribution is 9.10. The van der Waals surface area contributed by atoms with E-state index in [1.165, 1.54) is 16.7 Å². The van der Waals surface area contributed by atoms with E-state index in [9.17, 15) is 0 Å². The molecule has 0 N–H and O–H groups in total. The molecule has 2 aromatic rings. The molecule has 2 heteroatoms. The molecule has 0 atom stereocenters. The summed E-state index contributed by atoms with van der Waals surface area (Å²) in [6.07, 6.45) is 0.994. The molecule has 0 saturated heterocycles. The van der Waals surface area contributed by atoms with Gasteiger partial charge in [-0.2, -0.15) is 5.26 Å². The Labute approximate surface area is 116 Å². The molecule has 2 rings (SSSR count). The maximum atomic E-state index is 8.90. The van der Waals surface area contributed by atoms with Gasteiger partial charge in [-0.25, -0.2) is 0 Å². The second kappa shape index (κ2) is 5.37. The number of aryl methyl sites for hydroxylation is 2. The molecule has 0 amide bonds. The first-order chi connectivity index (χ1) is 8.65. The predicted octanol–water partition coefficient (Wildman–Crippen LogP) is 4.86. The van der Waals surface area contributed by atoms with E-state index in [0.29, 0.717) is 5.56 Å². The summed E-state index contributed by atoms with van der Waals surface area (Å²) in [4.78, 5) is 0. The van der Waals surface area contributed by atoms with Gasteiger partial charge < -0.3 is 0 Å². The number of hydrogen-bond donors (Lipinski definition) is 0. The van der Waals surface area contributed by atoms with Crippen molar-refractivity contribution in [3.63, 3.8) is 0 Å². The molecule has 0 radical (unpaired) electrons. The molecule has 0 heterocycles. The lowest BCUT2D eigenvalue weighted by Crippen LogP contribution is -1.91. The lowest BCUT2D eigenvalue weighted by atomic mass is 9.94. The summed E-state index contributed by atoms with van der Waals surface area (Å²) < 4.78 is 1.11. The zero-order chi connectivity index (χ0) is 13.1. The van der Waals surface area contributed by atoms with Crippen molar-refractivity contribution in [2.45, 2.75) is 20.3 Å². The largest absolute Gasteiger partial charge is 0.192 e. The van der Waals surface area contributed by atoms with Gasteiger partial charge in [-0.1, -0.05) is 35.0 Å². The van der Waals surface area contributed by atoms with E-state index < -0.39 is 0 Å². The highest BCUT2D eigenvalue weighted by atomic mass is 79.9. The van der Waals surface area contributed by atoms with E-state index in [1.807, 2.05) is 18.2 Å². The number of rotatable bonds is 2. The lowest BCUT2D eigenvalue weighted by Gasteiger charge is -2.11. The minimum absolute atomic E-state index is 0.714. The van der Waals surface area contributed by atoms with E-state index in [2.05, 4.69) is 54.0 Å². The monoisotopic (exact) mass is 299 g/mol. The van der Waals surface area contributed by atoms with Crippen LogP contribution in [0.2, 0.25) is 0 Å². The fourth-order valence-electron chi connectivity index (χ4n) is 2.15. The van der Waals surface area contributed by atoms with Crippen molar-refractivity contribution in [2.24, 2.45) is 0 Å². The Morgan fingerprint density at radius 2 is 1.83 bits per heavy atom. The van der Waals surface area contributed by atoms with Crippen LogP contribution in [0, 0.1) is 18.3 Å². The number of nitriles is 1. The first-order valence-corrected chi connectivity index (χ1v) is 6.74. The van der Waals surface area contributed by atoms with Crippen LogP contribution in [0.25, 0.3) is 11.1 Å². The molecule has 18 heavy (non-hydrogen) atoms. The van der Waals surface area contributed by atoms with Crippen molar-refractivity contribution in [3.8, 4) is 17.2 Å². The highest BCUT2D eigenvalue weighted by Crippen LogP contribution is 2.30. The van der Waals surface area contributed by atoms with E-state index in [4.69, 9.17) is 5.26 Å². The fourth-order valence-corrected chi connectivity index (χ4v) is 2.56. The average molecular weight is 300 g/mol. The average Bonchev–Trinajstić information content (AvgIpc) is 2.39. The molecule has 2 aromatic carbocycles. The van der Waals surface area contributed by atoms with Crippen LogP contribution < -0.4 is 0 Å². The van der Waals surface area contributed by atoms with Crippen LogP contribution in [0.3, 0.4) is 0 Å². The van der Waals surface area contributed by atoms with Crippen molar-refractivity contribution in [1.29, 1.82) is 5.26 Å². The molecule has 0 bridgehead atoms. The Kier molecular flexibility index (Phi) is 3.84. The molecule has 90 valence electrons.